The molecule has 3 amide bonds. The first-order valence-corrected chi connectivity index (χ1v) is 8.06. The number of hydroxylamine groups is 2. The lowest BCUT2D eigenvalue weighted by atomic mass is 10.1. The zero-order valence-electron chi connectivity index (χ0n) is 13.0. The molecular weight excluding hydrogens is 383 g/mol. The fourth-order valence-electron chi connectivity index (χ4n) is 2.31. The zero-order valence-corrected chi connectivity index (χ0v) is 14.5. The lowest BCUT2D eigenvalue weighted by molar-refractivity contribution is -0.167. The molecule has 0 spiro atoms. The zero-order chi connectivity index (χ0) is 18.8. The van der Waals surface area contributed by atoms with Crippen LogP contribution in [0.4, 0.5) is 0 Å². The molecule has 1 N–H and O–H groups in total. The Morgan fingerprint density at radius 2 is 1.62 bits per heavy atom. The number of nitrogens with zero attached hydrogens (tertiary/aromatic N) is 1. The highest BCUT2D eigenvalue weighted by atomic mass is 35.5. The Hall–Kier alpha value is -2.90. The summed E-state index contributed by atoms with van der Waals surface area (Å²) in [7, 11) is 0. The van der Waals surface area contributed by atoms with E-state index in [1.807, 2.05) is 0 Å². The maximum atomic E-state index is 12.1. The Labute approximate surface area is 157 Å². The molecule has 1 heterocycles. The molecule has 0 unspecified atom stereocenters. The van der Waals surface area contributed by atoms with E-state index >= 15 is 0 Å². The standard InChI is InChI=1S/C17H10Cl2N2O5/c18-9-5-6-12(13(19)7-9)15(23)20-8-14(22)26-21-16(24)10-3-1-2-4-11(10)17(21)25/h1-7H,8H2,(H,20,23). The maximum Gasteiger partial charge on any atom is 0.352 e. The number of fused-ring (bicyclic) bond motifs is 1. The molecule has 0 atom stereocenters. The van der Waals surface area contributed by atoms with Gasteiger partial charge in [-0.1, -0.05) is 40.4 Å². The van der Waals surface area contributed by atoms with Gasteiger partial charge in [-0.3, -0.25) is 14.4 Å². The van der Waals surface area contributed by atoms with Crippen molar-refractivity contribution >= 4 is 46.9 Å². The van der Waals surface area contributed by atoms with Gasteiger partial charge in [-0.05, 0) is 30.3 Å². The van der Waals surface area contributed by atoms with Crippen LogP contribution in [0.3, 0.4) is 0 Å². The Kier molecular flexibility index (Phi) is 4.92. The van der Waals surface area contributed by atoms with E-state index in [1.54, 1.807) is 12.1 Å². The van der Waals surface area contributed by atoms with Gasteiger partial charge in [0.05, 0.1) is 21.7 Å². The van der Waals surface area contributed by atoms with Crippen molar-refractivity contribution < 1.29 is 24.0 Å². The minimum absolute atomic E-state index is 0.115. The second-order valence-electron chi connectivity index (χ2n) is 5.22. The van der Waals surface area contributed by atoms with E-state index in [9.17, 15) is 19.2 Å². The van der Waals surface area contributed by atoms with Gasteiger partial charge in [0.25, 0.3) is 17.7 Å². The Morgan fingerprint density at radius 3 is 2.19 bits per heavy atom. The van der Waals surface area contributed by atoms with Gasteiger partial charge in [-0.15, -0.1) is 0 Å². The van der Waals surface area contributed by atoms with Crippen LogP contribution >= 0.6 is 23.2 Å². The first kappa shape index (κ1) is 17.9. The highest BCUT2D eigenvalue weighted by Gasteiger charge is 2.38. The second kappa shape index (κ2) is 7.15. The van der Waals surface area contributed by atoms with Crippen molar-refractivity contribution in [1.29, 1.82) is 0 Å². The molecule has 0 fully saturated rings. The summed E-state index contributed by atoms with van der Waals surface area (Å²) < 4.78 is 0. The van der Waals surface area contributed by atoms with Crippen LogP contribution in [0, 0.1) is 0 Å². The predicted molar refractivity (Wildman–Crippen MR) is 91.8 cm³/mol. The molecule has 0 bridgehead atoms. The largest absolute Gasteiger partial charge is 0.352 e. The molecule has 0 aliphatic carbocycles. The number of carbonyl (C=O) groups is 4. The number of nitrogens with one attached hydrogen (secondary N) is 1. The van der Waals surface area contributed by atoms with Crippen molar-refractivity contribution in [3.05, 3.63) is 69.2 Å². The van der Waals surface area contributed by atoms with Gasteiger partial charge in [0.1, 0.15) is 6.54 Å². The van der Waals surface area contributed by atoms with E-state index in [0.29, 0.717) is 10.1 Å². The highest BCUT2D eigenvalue weighted by molar-refractivity contribution is 6.36. The third-order valence-corrected chi connectivity index (χ3v) is 4.07. The van der Waals surface area contributed by atoms with Crippen LogP contribution in [0.2, 0.25) is 10.0 Å². The molecule has 2 aromatic carbocycles. The first-order valence-electron chi connectivity index (χ1n) is 7.30. The summed E-state index contributed by atoms with van der Waals surface area (Å²) in [5.41, 5.74) is 0.397. The molecule has 1 aliphatic rings. The lowest BCUT2D eigenvalue weighted by Gasteiger charge is -2.13. The fraction of sp³-hybridized carbons (Fsp3) is 0.0588. The molecule has 0 aromatic heterocycles. The summed E-state index contributed by atoms with van der Waals surface area (Å²) in [6, 6.07) is 10.3. The molecule has 3 rings (SSSR count). The minimum atomic E-state index is -0.988. The van der Waals surface area contributed by atoms with Crippen molar-refractivity contribution in [2.75, 3.05) is 6.54 Å². The highest BCUT2D eigenvalue weighted by Crippen LogP contribution is 2.23. The summed E-state index contributed by atoms with van der Waals surface area (Å²) >= 11 is 11.7. The van der Waals surface area contributed by atoms with E-state index in [0.717, 1.165) is 0 Å². The van der Waals surface area contributed by atoms with E-state index in [1.165, 1.54) is 30.3 Å². The van der Waals surface area contributed by atoms with Crippen LogP contribution in [0.1, 0.15) is 31.1 Å². The molecule has 132 valence electrons. The first-order chi connectivity index (χ1) is 12.4. The minimum Gasteiger partial charge on any atom is -0.341 e. The van der Waals surface area contributed by atoms with E-state index < -0.39 is 30.2 Å². The number of rotatable bonds is 4. The lowest BCUT2D eigenvalue weighted by Crippen LogP contribution is -2.38. The molecular formula is C17H10Cl2N2O5. The van der Waals surface area contributed by atoms with Crippen molar-refractivity contribution in [2.45, 2.75) is 0 Å². The van der Waals surface area contributed by atoms with Gasteiger partial charge < -0.3 is 10.2 Å². The van der Waals surface area contributed by atoms with Crippen LogP contribution in [-0.2, 0) is 9.63 Å². The monoisotopic (exact) mass is 392 g/mol. The smallest absolute Gasteiger partial charge is 0.341 e. The number of benzene rings is 2. The third-order valence-electron chi connectivity index (χ3n) is 3.52. The van der Waals surface area contributed by atoms with Crippen LogP contribution in [0.25, 0.3) is 0 Å². The number of hydrogen-bond acceptors (Lipinski definition) is 5. The normalized spacial score (nSPS) is 12.8. The van der Waals surface area contributed by atoms with Crippen LogP contribution in [0.15, 0.2) is 42.5 Å². The Bertz CT molecular complexity index is 910. The molecule has 1 aliphatic heterocycles. The van der Waals surface area contributed by atoms with Crippen molar-refractivity contribution in [3.8, 4) is 0 Å². The second-order valence-corrected chi connectivity index (χ2v) is 6.06. The number of imide groups is 1. The summed E-state index contributed by atoms with van der Waals surface area (Å²) in [4.78, 5) is 52.9. The average Bonchev–Trinajstić information content (AvgIpc) is 2.85. The van der Waals surface area contributed by atoms with Gasteiger partial charge >= 0.3 is 5.97 Å². The van der Waals surface area contributed by atoms with Crippen molar-refractivity contribution in [2.24, 2.45) is 0 Å². The molecule has 0 saturated heterocycles. The van der Waals surface area contributed by atoms with Crippen LogP contribution in [0.5, 0.6) is 0 Å². The topological polar surface area (TPSA) is 92.8 Å². The molecule has 7 nitrogen and oxygen atoms in total. The van der Waals surface area contributed by atoms with E-state index in [4.69, 9.17) is 28.0 Å². The van der Waals surface area contributed by atoms with E-state index in [-0.39, 0.29) is 21.7 Å². The summed E-state index contributed by atoms with van der Waals surface area (Å²) in [5.74, 6) is -3.11. The third kappa shape index (κ3) is 3.40. The average molecular weight is 393 g/mol. The maximum absolute atomic E-state index is 12.1. The fourth-order valence-corrected chi connectivity index (χ4v) is 2.80. The molecule has 0 radical (unpaired) electrons. The van der Waals surface area contributed by atoms with Gasteiger partial charge in [0, 0.05) is 5.02 Å². The molecule has 0 saturated carbocycles. The number of amides is 3. The summed E-state index contributed by atoms with van der Waals surface area (Å²) in [6.07, 6.45) is 0. The summed E-state index contributed by atoms with van der Waals surface area (Å²) in [6.45, 7) is -0.564. The molecule has 9 heteroatoms. The van der Waals surface area contributed by atoms with Crippen molar-refractivity contribution in [1.82, 2.24) is 10.4 Å². The van der Waals surface area contributed by atoms with Gasteiger partial charge in [0.15, 0.2) is 0 Å². The SMILES string of the molecule is O=C(CNC(=O)c1ccc(Cl)cc1Cl)ON1C(=O)c2ccccc2C1=O. The van der Waals surface area contributed by atoms with Crippen molar-refractivity contribution in [3.63, 3.8) is 0 Å². The van der Waals surface area contributed by atoms with Crippen LogP contribution < -0.4 is 5.32 Å². The van der Waals surface area contributed by atoms with Gasteiger partial charge in [-0.25, -0.2) is 4.79 Å². The molecule has 26 heavy (non-hydrogen) atoms. The van der Waals surface area contributed by atoms with Crippen LogP contribution in [-0.4, -0.2) is 35.3 Å². The Morgan fingerprint density at radius 1 is 1.00 bits per heavy atom. The number of halogens is 2. The van der Waals surface area contributed by atoms with E-state index in [2.05, 4.69) is 5.32 Å². The van der Waals surface area contributed by atoms with Gasteiger partial charge in [-0.2, -0.15) is 0 Å². The quantitative estimate of drug-likeness (QED) is 0.806. The Balaban J connectivity index is 1.61. The summed E-state index contributed by atoms with van der Waals surface area (Å²) in [5, 5.41) is 3.14. The number of carbonyl (C=O) groups excluding carboxylic acids is 4. The molecule has 2 aromatic rings. The predicted octanol–water partition coefficient (Wildman–Crippen LogP) is 2.48. The van der Waals surface area contributed by atoms with Gasteiger partial charge in [0.2, 0.25) is 0 Å². The number of hydrogen-bond donors (Lipinski definition) is 1.